The van der Waals surface area contributed by atoms with Gasteiger partial charge in [-0.1, -0.05) is 43.2 Å². The molecule has 0 saturated carbocycles. The lowest BCUT2D eigenvalue weighted by Gasteiger charge is -2.03. The molecule has 1 aromatic rings. The van der Waals surface area contributed by atoms with Gasteiger partial charge in [-0.25, -0.2) is 4.39 Å². The van der Waals surface area contributed by atoms with Gasteiger partial charge in [-0.3, -0.25) is 0 Å². The SMILES string of the molecule is CCCCBc1cc(F)ccc1C. The lowest BCUT2D eigenvalue weighted by Crippen LogP contribution is -2.17. The van der Waals surface area contributed by atoms with E-state index < -0.39 is 0 Å². The van der Waals surface area contributed by atoms with E-state index in [9.17, 15) is 4.39 Å². The Bertz CT molecular complexity index is 271. The van der Waals surface area contributed by atoms with Gasteiger partial charge >= 0.3 is 0 Å². The molecule has 2 heteroatoms. The predicted molar refractivity (Wildman–Crippen MR) is 57.6 cm³/mol. The molecular weight excluding hydrogens is 162 g/mol. The Hall–Kier alpha value is -0.785. The molecule has 0 aliphatic carbocycles. The van der Waals surface area contributed by atoms with Gasteiger partial charge in [0.05, 0.1) is 0 Å². The first-order valence-electron chi connectivity index (χ1n) is 4.99. The zero-order valence-electron chi connectivity index (χ0n) is 8.44. The number of hydrogen-bond donors (Lipinski definition) is 0. The minimum atomic E-state index is -0.114. The van der Waals surface area contributed by atoms with Crippen molar-refractivity contribution in [1.29, 1.82) is 0 Å². The van der Waals surface area contributed by atoms with Crippen LogP contribution in [-0.2, 0) is 0 Å². The molecule has 0 aliphatic heterocycles. The molecule has 0 fully saturated rings. The summed E-state index contributed by atoms with van der Waals surface area (Å²) in [6.45, 7) is 4.22. The van der Waals surface area contributed by atoms with Crippen molar-refractivity contribution in [3.63, 3.8) is 0 Å². The molecule has 70 valence electrons. The van der Waals surface area contributed by atoms with Gasteiger partial charge in [0.2, 0.25) is 0 Å². The number of aryl methyl sites for hydroxylation is 1. The van der Waals surface area contributed by atoms with Gasteiger partial charge in [0.25, 0.3) is 0 Å². The highest BCUT2D eigenvalue weighted by atomic mass is 19.1. The molecule has 0 atom stereocenters. The molecule has 0 radical (unpaired) electrons. The lowest BCUT2D eigenvalue weighted by atomic mass is 9.64. The van der Waals surface area contributed by atoms with E-state index in [1.54, 1.807) is 6.07 Å². The molecule has 0 spiro atoms. The first kappa shape index (κ1) is 10.3. The van der Waals surface area contributed by atoms with Gasteiger partial charge < -0.3 is 0 Å². The zero-order chi connectivity index (χ0) is 9.68. The maximum Gasteiger partial charge on any atom is 0.158 e. The third-order valence-electron chi connectivity index (χ3n) is 2.36. The summed E-state index contributed by atoms with van der Waals surface area (Å²) >= 11 is 0. The molecule has 0 unspecified atom stereocenters. The van der Waals surface area contributed by atoms with E-state index in [2.05, 4.69) is 6.92 Å². The highest BCUT2D eigenvalue weighted by molar-refractivity contribution is 6.53. The molecule has 0 nitrogen and oxygen atoms in total. The normalized spacial score (nSPS) is 10.1. The summed E-state index contributed by atoms with van der Waals surface area (Å²) in [6, 6.07) is 5.04. The van der Waals surface area contributed by atoms with Gasteiger partial charge in [-0.15, -0.1) is 0 Å². The fourth-order valence-corrected chi connectivity index (χ4v) is 1.47. The van der Waals surface area contributed by atoms with Crippen molar-refractivity contribution in [1.82, 2.24) is 0 Å². The summed E-state index contributed by atoms with van der Waals surface area (Å²) in [5.41, 5.74) is 2.37. The average Bonchev–Trinajstić information content (AvgIpc) is 2.11. The standard InChI is InChI=1S/C11H16BF/c1-3-4-7-12-11-8-10(13)6-5-9(11)2/h5-6,8,12H,3-4,7H2,1-2H3. The first-order chi connectivity index (χ1) is 6.24. The molecule has 0 bridgehead atoms. The molecule has 0 heterocycles. The fraction of sp³-hybridized carbons (Fsp3) is 0.455. The van der Waals surface area contributed by atoms with Crippen LogP contribution in [0.5, 0.6) is 0 Å². The number of rotatable bonds is 4. The topological polar surface area (TPSA) is 0 Å². The van der Waals surface area contributed by atoms with Crippen LogP contribution in [0.2, 0.25) is 6.32 Å². The molecular formula is C11H16BF. The Morgan fingerprint density at radius 3 is 2.85 bits per heavy atom. The van der Waals surface area contributed by atoms with Crippen LogP contribution in [0.1, 0.15) is 25.3 Å². The quantitative estimate of drug-likeness (QED) is 0.490. The molecule has 0 aliphatic rings. The summed E-state index contributed by atoms with van der Waals surface area (Å²) in [6.07, 6.45) is 3.62. The summed E-state index contributed by atoms with van der Waals surface area (Å²) in [7, 11) is 1.01. The van der Waals surface area contributed by atoms with E-state index in [0.29, 0.717) is 0 Å². The minimum Gasteiger partial charge on any atom is -0.207 e. The van der Waals surface area contributed by atoms with E-state index in [4.69, 9.17) is 0 Å². The highest BCUT2D eigenvalue weighted by Gasteiger charge is 2.01. The molecule has 1 aromatic carbocycles. The maximum absolute atomic E-state index is 12.9. The van der Waals surface area contributed by atoms with Gasteiger partial charge in [0, 0.05) is 0 Å². The van der Waals surface area contributed by atoms with Crippen molar-refractivity contribution in [2.24, 2.45) is 0 Å². The van der Waals surface area contributed by atoms with E-state index in [1.165, 1.54) is 30.8 Å². The summed E-state index contributed by atoms with van der Waals surface area (Å²) in [5.74, 6) is -0.114. The fourth-order valence-electron chi connectivity index (χ4n) is 1.47. The summed E-state index contributed by atoms with van der Waals surface area (Å²) in [5, 5.41) is 0. The number of halogens is 1. The van der Waals surface area contributed by atoms with Crippen LogP contribution in [-0.4, -0.2) is 7.28 Å². The van der Waals surface area contributed by atoms with Crippen LogP contribution in [0.25, 0.3) is 0 Å². The molecule has 0 amide bonds. The van der Waals surface area contributed by atoms with Crippen molar-refractivity contribution >= 4 is 12.7 Å². The Morgan fingerprint density at radius 2 is 2.15 bits per heavy atom. The van der Waals surface area contributed by atoms with E-state index in [-0.39, 0.29) is 5.82 Å². The molecule has 1 rings (SSSR count). The third kappa shape index (κ3) is 3.21. The lowest BCUT2D eigenvalue weighted by molar-refractivity contribution is 0.628. The largest absolute Gasteiger partial charge is 0.207 e. The first-order valence-corrected chi connectivity index (χ1v) is 4.99. The minimum absolute atomic E-state index is 0.114. The predicted octanol–water partition coefficient (Wildman–Crippen LogP) is 2.41. The van der Waals surface area contributed by atoms with Crippen LogP contribution in [0.15, 0.2) is 18.2 Å². The van der Waals surface area contributed by atoms with Crippen molar-refractivity contribution in [3.8, 4) is 0 Å². The molecule has 0 N–H and O–H groups in total. The summed E-state index contributed by atoms with van der Waals surface area (Å²) < 4.78 is 12.9. The number of hydrogen-bond acceptors (Lipinski definition) is 0. The van der Waals surface area contributed by atoms with Gasteiger partial charge in [-0.2, -0.15) is 0 Å². The molecule has 0 saturated heterocycles. The van der Waals surface area contributed by atoms with Gasteiger partial charge in [0.1, 0.15) is 5.82 Å². The van der Waals surface area contributed by atoms with Crippen LogP contribution in [0, 0.1) is 12.7 Å². The Kier molecular flexibility index (Phi) is 4.00. The Balaban J connectivity index is 2.59. The van der Waals surface area contributed by atoms with E-state index in [0.717, 1.165) is 12.7 Å². The second-order valence-corrected chi connectivity index (χ2v) is 3.53. The number of benzene rings is 1. The second kappa shape index (κ2) is 5.06. The molecule has 13 heavy (non-hydrogen) atoms. The Morgan fingerprint density at radius 1 is 1.38 bits per heavy atom. The number of unbranched alkanes of at least 4 members (excludes halogenated alkanes) is 1. The van der Waals surface area contributed by atoms with Crippen LogP contribution in [0.3, 0.4) is 0 Å². The highest BCUT2D eigenvalue weighted by Crippen LogP contribution is 2.00. The maximum atomic E-state index is 12.9. The summed E-state index contributed by atoms with van der Waals surface area (Å²) in [4.78, 5) is 0. The third-order valence-corrected chi connectivity index (χ3v) is 2.36. The Labute approximate surface area is 80.4 Å². The van der Waals surface area contributed by atoms with Crippen LogP contribution >= 0.6 is 0 Å². The van der Waals surface area contributed by atoms with E-state index >= 15 is 0 Å². The van der Waals surface area contributed by atoms with Crippen LogP contribution < -0.4 is 5.46 Å². The van der Waals surface area contributed by atoms with Crippen molar-refractivity contribution < 1.29 is 4.39 Å². The monoisotopic (exact) mass is 178 g/mol. The zero-order valence-corrected chi connectivity index (χ0v) is 8.44. The second-order valence-electron chi connectivity index (χ2n) is 3.53. The van der Waals surface area contributed by atoms with Crippen LogP contribution in [0.4, 0.5) is 4.39 Å². The van der Waals surface area contributed by atoms with Gasteiger partial charge in [0.15, 0.2) is 7.28 Å². The van der Waals surface area contributed by atoms with E-state index in [1.807, 2.05) is 13.0 Å². The average molecular weight is 178 g/mol. The van der Waals surface area contributed by atoms with Crippen molar-refractivity contribution in [3.05, 3.63) is 29.6 Å². The van der Waals surface area contributed by atoms with Crippen molar-refractivity contribution in [2.75, 3.05) is 0 Å². The van der Waals surface area contributed by atoms with Gasteiger partial charge in [-0.05, 0) is 19.1 Å². The smallest absolute Gasteiger partial charge is 0.158 e. The molecule has 0 aromatic heterocycles. The van der Waals surface area contributed by atoms with Crippen molar-refractivity contribution in [2.45, 2.75) is 33.0 Å².